The number of nitrogens with zero attached hydrogens (tertiary/aromatic N) is 6. The summed E-state index contributed by atoms with van der Waals surface area (Å²) in [6.45, 7) is 10.3. The van der Waals surface area contributed by atoms with Crippen molar-refractivity contribution in [3.05, 3.63) is 295 Å². The van der Waals surface area contributed by atoms with Crippen LogP contribution >= 0.6 is 0 Å². The lowest BCUT2D eigenvalue weighted by molar-refractivity contribution is 0.671. The van der Waals surface area contributed by atoms with E-state index in [1.165, 1.54) is 42.5 Å². The molecule has 0 aliphatic heterocycles. The van der Waals surface area contributed by atoms with Crippen molar-refractivity contribution in [2.24, 2.45) is 0 Å². The van der Waals surface area contributed by atoms with Gasteiger partial charge in [-0.05, 0) is 100.0 Å². The lowest BCUT2D eigenvalue weighted by Gasteiger charge is -2.27. The molecular formula is C80H46N6O. The minimum absolute atomic E-state index is 0.170. The van der Waals surface area contributed by atoms with E-state index in [0.29, 0.717) is 13.7 Å². The fourth-order valence-electron chi connectivity index (χ4n) is 12.0. The van der Waals surface area contributed by atoms with Crippen LogP contribution < -0.4 is 0 Å². The fraction of sp³-hybridized carbons (Fsp3) is 0. The Labute approximate surface area is 553 Å². The summed E-state index contributed by atoms with van der Waals surface area (Å²) < 4.78 is 379. The predicted molar refractivity (Wildman–Crippen MR) is 358 cm³/mol. The third kappa shape index (κ3) is 6.85. The molecule has 0 unspecified atom stereocenters. The fourth-order valence-corrected chi connectivity index (χ4v) is 12.0. The van der Waals surface area contributed by atoms with Crippen molar-refractivity contribution in [3.8, 4) is 62.2 Å². The van der Waals surface area contributed by atoms with E-state index in [9.17, 15) is 55.7 Å². The molecule has 5 aromatic heterocycles. The summed E-state index contributed by atoms with van der Waals surface area (Å²) in [6, 6.07) is -28.6. The summed E-state index contributed by atoms with van der Waals surface area (Å²) in [5, 5.41) is 7.67. The molecule has 0 spiro atoms. The minimum atomic E-state index is -1.27. The molecule has 0 N–H and O–H groups in total. The Morgan fingerprint density at radius 3 is 1.17 bits per heavy atom. The molecule has 18 rings (SSSR count). The molecule has 0 amide bonds. The summed E-state index contributed by atoms with van der Waals surface area (Å²) in [4.78, 5) is 4.24. The zero-order valence-corrected chi connectivity index (χ0v) is 43.6. The van der Waals surface area contributed by atoms with Gasteiger partial charge in [0.05, 0.1) is 127 Å². The van der Waals surface area contributed by atoms with E-state index in [2.05, 4.69) is 10.9 Å². The van der Waals surface area contributed by atoms with Crippen LogP contribution in [0.5, 0.6) is 0 Å². The molecule has 0 saturated heterocycles. The van der Waals surface area contributed by atoms with E-state index < -0.39 is 374 Å². The normalized spacial score (nSPS) is 18.2. The lowest BCUT2D eigenvalue weighted by atomic mass is 9.95. The molecule has 87 heavy (non-hydrogen) atoms. The van der Waals surface area contributed by atoms with Gasteiger partial charge in [0.2, 0.25) is 5.69 Å². The van der Waals surface area contributed by atoms with Crippen LogP contribution in [0.1, 0.15) is 59.0 Å². The third-order valence-electron chi connectivity index (χ3n) is 15.4. The van der Waals surface area contributed by atoms with Crippen LogP contribution in [0, 0.1) is 17.9 Å². The van der Waals surface area contributed by atoms with E-state index >= 15 is 0 Å². The van der Waals surface area contributed by atoms with Gasteiger partial charge < -0.3 is 22.7 Å². The van der Waals surface area contributed by atoms with Gasteiger partial charge in [-0.2, -0.15) is 5.26 Å². The Hall–Kier alpha value is -12.2. The van der Waals surface area contributed by atoms with Gasteiger partial charge in [0, 0.05) is 53.9 Å². The molecule has 13 aromatic carbocycles. The molecule has 0 bridgehead atoms. The van der Waals surface area contributed by atoms with Gasteiger partial charge in [0.25, 0.3) is 0 Å². The zero-order valence-electron chi connectivity index (χ0n) is 82.6. The van der Waals surface area contributed by atoms with Crippen molar-refractivity contribution in [3.63, 3.8) is 0 Å². The van der Waals surface area contributed by atoms with Crippen molar-refractivity contribution < 1.29 is 57.9 Å². The van der Waals surface area contributed by atoms with Gasteiger partial charge in [-0.25, -0.2) is 4.85 Å². The quantitative estimate of drug-likeness (QED) is 0.149. The molecule has 0 saturated carbocycles. The van der Waals surface area contributed by atoms with Gasteiger partial charge >= 0.3 is 0 Å². The van der Waals surface area contributed by atoms with E-state index in [4.69, 9.17) is 14.0 Å². The lowest BCUT2D eigenvalue weighted by Crippen LogP contribution is -2.14. The van der Waals surface area contributed by atoms with Gasteiger partial charge in [0.1, 0.15) is 17.2 Å². The molecule has 7 heteroatoms. The number of fused-ring (bicyclic) bond motifs is 16. The standard InChI is InChI=1S/C80H46N6O/c1-82-74-78(84-67-37-19-13-31-56(67)57-32-14-20-38-68(57)84)75(83-65-35-17-11-29-54(65)55-30-12-18-36-66(55)83)64(48-81)76(79(74)85-69-39-21-15-33-58(69)59-34-16-22-40-70(59)85)86-71-43-41-52(49-23-5-2-6-24-49)45-61(71)62-47-60(51-27-9-4-10-28-51)73-63-46-53(50-25-7-3-8-26-50)42-44-72(63)87-80(73)77(62)86/h2-47H/i2D,3D,4D,5D,6D,7D,8D,9D,10D,11D,12D,13D,14D,15D,16D,17D,18D,19D,20D,21D,22D,23D,24D,25D,26D,27D,28D,29D,30D,31D,32D,33D,34D,35D,36D,37D,38D,39D,40D. The topological polar surface area (TPSA) is 61.0 Å². The first-order valence-corrected chi connectivity index (χ1v) is 26.1. The Morgan fingerprint density at radius 2 is 0.736 bits per heavy atom. The zero-order chi connectivity index (χ0) is 91.4. The van der Waals surface area contributed by atoms with Crippen LogP contribution in [0.25, 0.3) is 170 Å². The molecule has 0 radical (unpaired) electrons. The van der Waals surface area contributed by atoms with Crippen LogP contribution in [-0.4, -0.2) is 18.3 Å². The molecular weight excluding hydrogens is 1060 g/mol. The molecule has 0 fully saturated rings. The molecule has 7 nitrogen and oxygen atoms in total. The average Bonchev–Trinajstić information content (AvgIpc) is 1.49. The summed E-state index contributed by atoms with van der Waals surface area (Å²) in [6.07, 6.45) is 0. The number of para-hydroxylation sites is 6. The second-order valence-corrected chi connectivity index (χ2v) is 19.6. The van der Waals surface area contributed by atoms with Crippen molar-refractivity contribution in [2.75, 3.05) is 0 Å². The number of hydrogen-bond donors (Lipinski definition) is 0. The number of aromatic nitrogens is 4. The maximum Gasteiger partial charge on any atom is 0.238 e. The minimum Gasteiger partial charge on any atom is -0.454 e. The van der Waals surface area contributed by atoms with Crippen molar-refractivity contribution >= 4 is 115 Å². The van der Waals surface area contributed by atoms with Gasteiger partial charge in [-0.1, -0.05) is 212 Å². The Morgan fingerprint density at radius 1 is 0.356 bits per heavy atom. The molecule has 0 atom stereocenters. The summed E-state index contributed by atoms with van der Waals surface area (Å²) in [7, 11) is 0. The number of rotatable bonds is 7. The van der Waals surface area contributed by atoms with Gasteiger partial charge in [0.15, 0.2) is 5.58 Å². The second kappa shape index (κ2) is 18.7. The smallest absolute Gasteiger partial charge is 0.238 e. The molecule has 18 aromatic rings. The van der Waals surface area contributed by atoms with Crippen LogP contribution in [0.3, 0.4) is 0 Å². The Bertz CT molecular complexity index is 8170. The third-order valence-corrected chi connectivity index (χ3v) is 15.4. The van der Waals surface area contributed by atoms with E-state index in [1.54, 1.807) is 0 Å². The molecule has 0 aliphatic rings. The van der Waals surface area contributed by atoms with Gasteiger partial charge in [-0.15, -0.1) is 0 Å². The van der Waals surface area contributed by atoms with Crippen molar-refractivity contribution in [2.45, 2.75) is 0 Å². The Balaban J connectivity index is 1.26. The highest BCUT2D eigenvalue weighted by molar-refractivity contribution is 6.27. The second-order valence-electron chi connectivity index (χ2n) is 19.6. The largest absolute Gasteiger partial charge is 0.454 e. The maximum atomic E-state index is 13.6. The van der Waals surface area contributed by atoms with Gasteiger partial charge in [-0.3, -0.25) is 0 Å². The first kappa shape index (κ1) is 23.8. The Kier molecular flexibility index (Phi) is 5.12. The van der Waals surface area contributed by atoms with Crippen LogP contribution in [0.2, 0.25) is 0 Å². The number of hydrogen-bond acceptors (Lipinski definition) is 2. The van der Waals surface area contributed by atoms with E-state index in [0.717, 1.165) is 4.57 Å². The van der Waals surface area contributed by atoms with E-state index in [-0.39, 0.29) is 38.3 Å². The maximum absolute atomic E-state index is 13.6. The highest BCUT2D eigenvalue weighted by Crippen LogP contribution is 2.54. The average molecular weight is 1150 g/mol. The molecule has 0 aliphatic carbocycles. The monoisotopic (exact) mass is 1150 g/mol. The summed E-state index contributed by atoms with van der Waals surface area (Å²) >= 11 is 0. The SMILES string of the molecule is [2H]c1c([2H])c([2H])c(-c2ccc3oc4c(c(-c5c([2H])c([2H])c([2H])c([2H])c5[2H])cc5c6cc(-c7c([2H])c([2H])c([2H])c([2H])c7[2H])ccc6n(-c6c(C#N)c(-n7c8c([2H])c([2H])c([2H])c([2H])c8c8c([2H])c([2H])c([2H])c([2H])c87)c(-n7c8c([2H])c([2H])c([2H])c([2H])c8c8c([2H])c([2H])c([2H])c([2H])c87)c([N+]#[C-])c6-n6c7c([2H])c([2H])c([2H])c([2H])c7c7c([2H])c([2H])c([2H])c([2H])c76)c54)c3c2)c([2H])c1[2H]. The molecule has 402 valence electrons. The first-order chi connectivity index (χ1) is 59.3. The van der Waals surface area contributed by atoms with Crippen LogP contribution in [0.4, 0.5) is 5.69 Å². The molecule has 5 heterocycles. The first-order valence-electron chi connectivity index (χ1n) is 45.6. The van der Waals surface area contributed by atoms with Crippen LogP contribution in [0.15, 0.2) is 283 Å². The number of furan rings is 1. The summed E-state index contributed by atoms with van der Waals surface area (Å²) in [5.74, 6) is 0. The van der Waals surface area contributed by atoms with Crippen LogP contribution in [-0.2, 0) is 0 Å². The summed E-state index contributed by atoms with van der Waals surface area (Å²) in [5.41, 5.74) is -16.7. The van der Waals surface area contributed by atoms with Crippen molar-refractivity contribution in [1.82, 2.24) is 18.3 Å². The number of benzene rings is 13. The number of nitriles is 1. The predicted octanol–water partition coefficient (Wildman–Crippen LogP) is 21.4. The van der Waals surface area contributed by atoms with Crippen molar-refractivity contribution in [1.29, 1.82) is 5.26 Å². The van der Waals surface area contributed by atoms with E-state index in [1.807, 2.05) is 0 Å². The highest BCUT2D eigenvalue weighted by atomic mass is 16.3. The highest BCUT2D eigenvalue weighted by Gasteiger charge is 2.36.